The number of benzene rings is 1. The minimum Gasteiger partial charge on any atom is -0.491 e. The Morgan fingerprint density at radius 3 is 2.90 bits per heavy atom. The zero-order valence-electron chi connectivity index (χ0n) is 11.1. The maximum Gasteiger partial charge on any atom is 0.142 e. The molecule has 3 nitrogen and oxygen atoms in total. The smallest absolute Gasteiger partial charge is 0.142 e. The van der Waals surface area contributed by atoms with Gasteiger partial charge in [-0.2, -0.15) is 0 Å². The van der Waals surface area contributed by atoms with E-state index in [1.807, 2.05) is 24.3 Å². The van der Waals surface area contributed by atoms with Crippen molar-refractivity contribution in [2.24, 2.45) is 5.73 Å². The Kier molecular flexibility index (Phi) is 4.15. The molecular weight excluding hydrogens is 292 g/mol. The molecule has 0 radical (unpaired) electrons. The zero-order valence-corrected chi connectivity index (χ0v) is 12.7. The van der Waals surface area contributed by atoms with E-state index in [1.165, 1.54) is 4.88 Å². The molecule has 1 aliphatic heterocycles. The Bertz CT molecular complexity index is 587. The van der Waals surface area contributed by atoms with Crippen molar-refractivity contribution >= 4 is 28.6 Å². The molecule has 0 spiro atoms. The summed E-state index contributed by atoms with van der Waals surface area (Å²) in [5, 5.41) is 0. The van der Waals surface area contributed by atoms with Crippen LogP contribution in [0.1, 0.15) is 17.3 Å². The summed E-state index contributed by atoms with van der Waals surface area (Å²) in [4.78, 5) is 3.54. The normalized spacial score (nSPS) is 16.2. The minimum absolute atomic E-state index is 0.148. The molecule has 20 heavy (non-hydrogen) atoms. The molecule has 1 aliphatic rings. The predicted molar refractivity (Wildman–Crippen MR) is 85.0 cm³/mol. The van der Waals surface area contributed by atoms with E-state index in [2.05, 4.69) is 17.0 Å². The summed E-state index contributed by atoms with van der Waals surface area (Å²) in [5.41, 5.74) is 7.15. The highest BCUT2D eigenvalue weighted by atomic mass is 35.5. The molecule has 2 N–H and O–H groups in total. The molecule has 2 heterocycles. The third kappa shape index (κ3) is 2.64. The van der Waals surface area contributed by atoms with Crippen LogP contribution in [0.2, 0.25) is 4.34 Å². The summed E-state index contributed by atoms with van der Waals surface area (Å²) in [5.74, 6) is 0.936. The Balaban J connectivity index is 1.99. The molecule has 0 bridgehead atoms. The van der Waals surface area contributed by atoms with Gasteiger partial charge in [0.15, 0.2) is 0 Å². The van der Waals surface area contributed by atoms with Gasteiger partial charge in [0, 0.05) is 18.0 Å². The fraction of sp³-hybridized carbons (Fsp3) is 0.333. The van der Waals surface area contributed by atoms with Crippen LogP contribution in [0.5, 0.6) is 5.75 Å². The van der Waals surface area contributed by atoms with Crippen molar-refractivity contribution in [1.82, 2.24) is 0 Å². The summed E-state index contributed by atoms with van der Waals surface area (Å²) < 4.78 is 6.61. The Morgan fingerprint density at radius 1 is 1.30 bits per heavy atom. The molecule has 0 saturated heterocycles. The number of ether oxygens (including phenoxy) is 1. The van der Waals surface area contributed by atoms with Crippen LogP contribution in [0, 0.1) is 0 Å². The van der Waals surface area contributed by atoms with Gasteiger partial charge in [-0.1, -0.05) is 23.7 Å². The third-order valence-electron chi connectivity index (χ3n) is 3.50. The second-order valence-corrected chi connectivity index (χ2v) is 6.50. The highest BCUT2D eigenvalue weighted by Gasteiger charge is 2.25. The average molecular weight is 309 g/mol. The van der Waals surface area contributed by atoms with Crippen molar-refractivity contribution in [3.8, 4) is 5.75 Å². The lowest BCUT2D eigenvalue weighted by atomic mass is 10.1. The van der Waals surface area contributed by atoms with Crippen molar-refractivity contribution in [1.29, 1.82) is 0 Å². The summed E-state index contributed by atoms with van der Waals surface area (Å²) >= 11 is 7.67. The molecular formula is C15H17ClN2OS. The number of thiophene rings is 1. The molecule has 1 unspecified atom stereocenters. The van der Waals surface area contributed by atoms with E-state index in [0.29, 0.717) is 6.54 Å². The molecule has 0 aliphatic carbocycles. The summed E-state index contributed by atoms with van der Waals surface area (Å²) in [6.45, 7) is 2.25. The van der Waals surface area contributed by atoms with Gasteiger partial charge < -0.3 is 15.4 Å². The molecule has 1 aromatic carbocycles. The Morgan fingerprint density at radius 2 is 2.15 bits per heavy atom. The van der Waals surface area contributed by atoms with Gasteiger partial charge in [0.1, 0.15) is 5.75 Å². The monoisotopic (exact) mass is 308 g/mol. The molecule has 106 valence electrons. The molecule has 1 atom stereocenters. The van der Waals surface area contributed by atoms with Crippen LogP contribution >= 0.6 is 22.9 Å². The first-order valence-electron chi connectivity index (χ1n) is 6.73. The predicted octanol–water partition coefficient (Wildman–Crippen LogP) is 3.69. The number of fused-ring (bicyclic) bond motifs is 1. The number of hydrogen-bond donors (Lipinski definition) is 1. The lowest BCUT2D eigenvalue weighted by Gasteiger charge is -2.31. The van der Waals surface area contributed by atoms with Crippen molar-refractivity contribution < 1.29 is 4.74 Å². The first kappa shape index (κ1) is 13.7. The lowest BCUT2D eigenvalue weighted by Crippen LogP contribution is -2.33. The number of hydrogen-bond acceptors (Lipinski definition) is 4. The third-order valence-corrected chi connectivity index (χ3v) is 4.83. The van der Waals surface area contributed by atoms with E-state index in [4.69, 9.17) is 22.1 Å². The van der Waals surface area contributed by atoms with Crippen LogP contribution < -0.4 is 15.4 Å². The van der Waals surface area contributed by atoms with Gasteiger partial charge in [-0.25, -0.2) is 0 Å². The van der Waals surface area contributed by atoms with Gasteiger partial charge in [0.2, 0.25) is 0 Å². The standard InChI is InChI=1S/C15H17ClN2OS/c16-15-7-6-14(20-15)12(10-17)18-8-3-9-19-13-5-2-1-4-11(13)18/h1-2,4-7,12H,3,8-10,17H2. The van der Waals surface area contributed by atoms with Gasteiger partial charge in [0.05, 0.1) is 22.7 Å². The van der Waals surface area contributed by atoms with Crippen molar-refractivity contribution in [2.75, 3.05) is 24.6 Å². The number of para-hydroxylation sites is 2. The van der Waals surface area contributed by atoms with Crippen LogP contribution in [0.25, 0.3) is 0 Å². The number of nitrogens with two attached hydrogens (primary N) is 1. The molecule has 0 amide bonds. The Hall–Kier alpha value is -1.23. The van der Waals surface area contributed by atoms with E-state index in [-0.39, 0.29) is 6.04 Å². The van der Waals surface area contributed by atoms with Crippen molar-refractivity contribution in [3.63, 3.8) is 0 Å². The summed E-state index contributed by atoms with van der Waals surface area (Å²) in [6, 6.07) is 12.3. The van der Waals surface area contributed by atoms with Gasteiger partial charge in [-0.15, -0.1) is 11.3 Å². The first-order valence-corrected chi connectivity index (χ1v) is 7.93. The summed E-state index contributed by atoms with van der Waals surface area (Å²) in [7, 11) is 0. The van der Waals surface area contributed by atoms with E-state index in [0.717, 1.165) is 35.3 Å². The van der Waals surface area contributed by atoms with Crippen LogP contribution in [0.4, 0.5) is 5.69 Å². The first-order chi connectivity index (χ1) is 9.79. The molecule has 0 saturated carbocycles. The maximum atomic E-state index is 6.07. The highest BCUT2D eigenvalue weighted by Crippen LogP contribution is 2.38. The van der Waals surface area contributed by atoms with Crippen LogP contribution in [-0.2, 0) is 0 Å². The van der Waals surface area contributed by atoms with Crippen molar-refractivity contribution in [3.05, 3.63) is 45.6 Å². The highest BCUT2D eigenvalue weighted by molar-refractivity contribution is 7.16. The maximum absolute atomic E-state index is 6.07. The van der Waals surface area contributed by atoms with Gasteiger partial charge in [-0.05, 0) is 30.7 Å². The molecule has 0 fully saturated rings. The summed E-state index contributed by atoms with van der Waals surface area (Å²) in [6.07, 6.45) is 0.990. The number of nitrogens with zero attached hydrogens (tertiary/aromatic N) is 1. The molecule has 3 rings (SSSR count). The van der Waals surface area contributed by atoms with Crippen molar-refractivity contribution in [2.45, 2.75) is 12.5 Å². The lowest BCUT2D eigenvalue weighted by molar-refractivity contribution is 0.322. The van der Waals surface area contributed by atoms with Gasteiger partial charge in [0.25, 0.3) is 0 Å². The zero-order chi connectivity index (χ0) is 13.9. The second kappa shape index (κ2) is 6.04. The number of halogens is 1. The van der Waals surface area contributed by atoms with Gasteiger partial charge >= 0.3 is 0 Å². The SMILES string of the molecule is NCC(c1ccc(Cl)s1)N1CCCOc2ccccc21. The number of anilines is 1. The minimum atomic E-state index is 0.148. The van der Waals surface area contributed by atoms with E-state index in [9.17, 15) is 0 Å². The second-order valence-electron chi connectivity index (χ2n) is 4.76. The van der Waals surface area contributed by atoms with Crippen LogP contribution in [0.15, 0.2) is 36.4 Å². The van der Waals surface area contributed by atoms with Gasteiger partial charge in [-0.3, -0.25) is 0 Å². The average Bonchev–Trinajstić information content (AvgIpc) is 2.78. The molecule has 5 heteroatoms. The van der Waals surface area contributed by atoms with Crippen LogP contribution in [-0.4, -0.2) is 19.7 Å². The fourth-order valence-electron chi connectivity index (χ4n) is 2.58. The largest absolute Gasteiger partial charge is 0.491 e. The van der Waals surface area contributed by atoms with E-state index < -0.39 is 0 Å². The van der Waals surface area contributed by atoms with E-state index in [1.54, 1.807) is 11.3 Å². The molecule has 2 aromatic rings. The van der Waals surface area contributed by atoms with E-state index >= 15 is 0 Å². The quantitative estimate of drug-likeness (QED) is 0.940. The topological polar surface area (TPSA) is 38.5 Å². The fourth-order valence-corrected chi connectivity index (χ4v) is 3.77. The molecule has 1 aromatic heterocycles. The Labute approximate surface area is 127 Å². The number of rotatable bonds is 3. The van der Waals surface area contributed by atoms with Crippen LogP contribution in [0.3, 0.4) is 0 Å².